The van der Waals surface area contributed by atoms with Gasteiger partial charge in [0.15, 0.2) is 0 Å². The molecule has 0 spiro atoms. The summed E-state index contributed by atoms with van der Waals surface area (Å²) in [5, 5.41) is 2.70. The van der Waals surface area contributed by atoms with Gasteiger partial charge in [0, 0.05) is 30.4 Å². The molecule has 1 unspecified atom stereocenters. The van der Waals surface area contributed by atoms with Crippen LogP contribution in [0.25, 0.3) is 0 Å². The van der Waals surface area contributed by atoms with Crippen molar-refractivity contribution < 1.29 is 13.7 Å². The maximum Gasteiger partial charge on any atom is 0.244 e. The quantitative estimate of drug-likeness (QED) is 0.600. The lowest BCUT2D eigenvalue weighted by molar-refractivity contribution is -0.121. The Morgan fingerprint density at radius 3 is 2.35 bits per heavy atom. The van der Waals surface area contributed by atoms with E-state index in [0.717, 1.165) is 0 Å². The summed E-state index contributed by atoms with van der Waals surface area (Å²) < 4.78 is 16.6. The first-order chi connectivity index (χ1) is 11.9. The fourth-order valence-electron chi connectivity index (χ4n) is 1.76. The number of aromatic nitrogens is 1. The number of aliphatic imine (C=N–C) groups is 1. The van der Waals surface area contributed by atoms with Crippen molar-refractivity contribution in [3.05, 3.63) is 30.1 Å². The van der Waals surface area contributed by atoms with E-state index in [2.05, 4.69) is 15.3 Å². The Morgan fingerprint density at radius 1 is 1.31 bits per heavy atom. The topological polar surface area (TPSA) is 107 Å². The molecule has 3 N–H and O–H groups in total. The summed E-state index contributed by atoms with van der Waals surface area (Å²) in [6.07, 6.45) is 3.06. The zero-order valence-corrected chi connectivity index (χ0v) is 17.2. The van der Waals surface area contributed by atoms with E-state index in [0.29, 0.717) is 22.3 Å². The number of amidine groups is 1. The molecule has 1 aromatic heterocycles. The second kappa shape index (κ2) is 8.44. The van der Waals surface area contributed by atoms with Gasteiger partial charge in [0.25, 0.3) is 0 Å². The van der Waals surface area contributed by atoms with E-state index in [1.54, 1.807) is 39.1 Å². The molecule has 1 atom stereocenters. The summed E-state index contributed by atoms with van der Waals surface area (Å²) in [6.45, 7) is 9.09. The van der Waals surface area contributed by atoms with E-state index in [1.165, 1.54) is 13.3 Å². The molecule has 0 aromatic carbocycles. The molecular formula is C18H28N4O3S. The number of ether oxygens (including phenoxy) is 1. The molecule has 1 aromatic rings. The van der Waals surface area contributed by atoms with Crippen LogP contribution in [0.15, 0.2) is 40.0 Å². The smallest absolute Gasteiger partial charge is 0.244 e. The molecule has 8 heteroatoms. The van der Waals surface area contributed by atoms with Crippen LogP contribution in [-0.2, 0) is 15.6 Å². The van der Waals surface area contributed by atoms with Crippen LogP contribution in [0.3, 0.4) is 0 Å². The fourth-order valence-corrected chi connectivity index (χ4v) is 2.91. The van der Waals surface area contributed by atoms with E-state index in [-0.39, 0.29) is 5.41 Å². The summed E-state index contributed by atoms with van der Waals surface area (Å²) in [5.41, 5.74) is 6.36. The normalized spacial score (nSPS) is 14.7. The highest BCUT2D eigenvalue weighted by atomic mass is 32.2. The molecule has 0 aliphatic carbocycles. The van der Waals surface area contributed by atoms with Gasteiger partial charge in [-0.05, 0) is 26.0 Å². The van der Waals surface area contributed by atoms with Gasteiger partial charge in [-0.2, -0.15) is 0 Å². The van der Waals surface area contributed by atoms with Crippen LogP contribution in [0.4, 0.5) is 0 Å². The monoisotopic (exact) mass is 380 g/mol. The first-order valence-electron chi connectivity index (χ1n) is 8.11. The van der Waals surface area contributed by atoms with Gasteiger partial charge in [-0.25, -0.2) is 4.98 Å². The fraction of sp³-hybridized carbons (Fsp3) is 0.500. The van der Waals surface area contributed by atoms with Gasteiger partial charge >= 0.3 is 0 Å². The van der Waals surface area contributed by atoms with Gasteiger partial charge in [0.1, 0.15) is 10.6 Å². The van der Waals surface area contributed by atoms with Crippen molar-refractivity contribution in [2.24, 2.45) is 16.1 Å². The second-order valence-electron chi connectivity index (χ2n) is 7.23. The maximum absolute atomic E-state index is 12.8. The molecule has 0 saturated carbocycles. The minimum atomic E-state index is -1.62. The Kier molecular flexibility index (Phi) is 7.08. The number of carbonyl (C=O) groups is 1. The standard InChI is InChI=1S/C18H28N4O3S/c1-17(2,3)13(19)10-14(20-6)22-16(23)18(4,5)26(24)12-8-9-15(25-7)21-11-12/h8-11H,19H2,1-7H3,(H,20,22,23). The molecule has 0 fully saturated rings. The van der Waals surface area contributed by atoms with E-state index in [9.17, 15) is 9.00 Å². The molecule has 7 nitrogen and oxygen atoms in total. The van der Waals surface area contributed by atoms with Gasteiger partial charge in [0.05, 0.1) is 22.8 Å². The van der Waals surface area contributed by atoms with Crippen molar-refractivity contribution in [2.75, 3.05) is 14.2 Å². The molecule has 1 amide bonds. The van der Waals surface area contributed by atoms with Crippen LogP contribution in [0.5, 0.6) is 5.88 Å². The summed E-state index contributed by atoms with van der Waals surface area (Å²) in [5.74, 6) is 0.307. The largest absolute Gasteiger partial charge is 0.481 e. The first-order valence-corrected chi connectivity index (χ1v) is 9.26. The number of hydrogen-bond donors (Lipinski definition) is 2. The third kappa shape index (κ3) is 5.39. The van der Waals surface area contributed by atoms with Crippen molar-refractivity contribution in [3.63, 3.8) is 0 Å². The predicted molar refractivity (Wildman–Crippen MR) is 105 cm³/mol. The molecule has 0 aliphatic rings. The van der Waals surface area contributed by atoms with Crippen LogP contribution in [0, 0.1) is 5.41 Å². The van der Waals surface area contributed by atoms with Gasteiger partial charge in [0.2, 0.25) is 11.8 Å². The van der Waals surface area contributed by atoms with Gasteiger partial charge in [-0.1, -0.05) is 20.8 Å². The average Bonchev–Trinajstić information content (AvgIpc) is 2.59. The number of allylic oxidation sites excluding steroid dienone is 1. The van der Waals surface area contributed by atoms with Crippen LogP contribution in [-0.4, -0.2) is 39.8 Å². The summed E-state index contributed by atoms with van der Waals surface area (Å²) in [6, 6.07) is 3.23. The van der Waals surface area contributed by atoms with Crippen LogP contribution < -0.4 is 15.8 Å². The highest BCUT2D eigenvalue weighted by Crippen LogP contribution is 2.23. The van der Waals surface area contributed by atoms with Crippen molar-refractivity contribution in [1.29, 1.82) is 0 Å². The SMILES string of the molecule is CN=C(C=C(N)C(C)(C)C)NC(=O)C(C)(C)S(=O)c1ccc(OC)nc1. The Bertz CT molecular complexity index is 732. The Balaban J connectivity index is 3.00. The second-order valence-corrected chi connectivity index (χ2v) is 9.26. The molecule has 0 bridgehead atoms. The molecular weight excluding hydrogens is 352 g/mol. The molecule has 0 saturated heterocycles. The first kappa shape index (κ1) is 21.8. The molecule has 0 aliphatic heterocycles. The average molecular weight is 381 g/mol. The lowest BCUT2D eigenvalue weighted by Crippen LogP contribution is -2.47. The molecule has 1 rings (SSSR count). The summed E-state index contributed by atoms with van der Waals surface area (Å²) >= 11 is 0. The van der Waals surface area contributed by atoms with Crippen molar-refractivity contribution in [2.45, 2.75) is 44.3 Å². The zero-order chi connectivity index (χ0) is 20.1. The zero-order valence-electron chi connectivity index (χ0n) is 16.4. The lowest BCUT2D eigenvalue weighted by Gasteiger charge is -2.24. The number of nitrogens with zero attached hydrogens (tertiary/aromatic N) is 2. The van der Waals surface area contributed by atoms with Crippen LogP contribution in [0.1, 0.15) is 34.6 Å². The van der Waals surface area contributed by atoms with Crippen molar-refractivity contribution in [3.8, 4) is 5.88 Å². The number of hydrogen-bond acceptors (Lipinski definition) is 6. The van der Waals surface area contributed by atoms with Crippen molar-refractivity contribution >= 4 is 22.5 Å². The predicted octanol–water partition coefficient (Wildman–Crippen LogP) is 2.01. The lowest BCUT2D eigenvalue weighted by atomic mass is 9.92. The van der Waals surface area contributed by atoms with Gasteiger partial charge in [-0.3, -0.25) is 14.0 Å². The highest BCUT2D eigenvalue weighted by Gasteiger charge is 2.36. The van der Waals surface area contributed by atoms with E-state index >= 15 is 0 Å². The van der Waals surface area contributed by atoms with Crippen LogP contribution in [0.2, 0.25) is 0 Å². The summed E-state index contributed by atoms with van der Waals surface area (Å²) in [7, 11) is 1.43. The Hall–Kier alpha value is -2.22. The minimum absolute atomic E-state index is 0.256. The van der Waals surface area contributed by atoms with E-state index in [1.807, 2.05) is 20.8 Å². The number of nitrogens with one attached hydrogen (secondary N) is 1. The van der Waals surface area contributed by atoms with Gasteiger partial charge in [-0.15, -0.1) is 0 Å². The third-order valence-corrected chi connectivity index (χ3v) is 5.57. The number of amides is 1. The number of carbonyl (C=O) groups excluding carboxylic acids is 1. The number of methoxy groups -OCH3 is 1. The molecule has 26 heavy (non-hydrogen) atoms. The maximum atomic E-state index is 12.8. The number of pyridine rings is 1. The van der Waals surface area contributed by atoms with Crippen LogP contribution >= 0.6 is 0 Å². The number of nitrogens with two attached hydrogens (primary N) is 1. The Morgan fingerprint density at radius 2 is 1.92 bits per heavy atom. The van der Waals surface area contributed by atoms with E-state index in [4.69, 9.17) is 10.5 Å². The molecule has 1 heterocycles. The Labute approximate surface area is 157 Å². The van der Waals surface area contributed by atoms with Crippen molar-refractivity contribution in [1.82, 2.24) is 10.3 Å². The molecule has 144 valence electrons. The van der Waals surface area contributed by atoms with E-state index < -0.39 is 21.5 Å². The summed E-state index contributed by atoms with van der Waals surface area (Å²) in [4.78, 5) is 21.2. The highest BCUT2D eigenvalue weighted by molar-refractivity contribution is 7.87. The third-order valence-electron chi connectivity index (χ3n) is 3.78. The minimum Gasteiger partial charge on any atom is -0.481 e. The number of rotatable bonds is 5. The van der Waals surface area contributed by atoms with Gasteiger partial charge < -0.3 is 15.8 Å². The molecule has 0 radical (unpaired) electrons.